The fraction of sp³-hybridized carbons (Fsp3) is 0.319. The molecule has 11 aromatic rings. The standard InChI is InChI=1S/C18H15F9N2O.C18H21F3N2O.C15H15F3N2OS.C13H13F3N2O.C12H14F6N2O2.2C9H11F3N2O/c1-14(30,16(19,20)21)12-8-10(4-7-13(12)29)15(17(22,23)24,18(25,26)27)9-2-5-11(28)6-3-9;1-16(2,11-4-7-13(22)8-5-11)12-6-9-15(23)14(10-12)17(3,24)18(19,20)21;1-14(21,15(16,17)18)12-8-11(6-7-13(12)20)22-10-4-2-9(19)3-5-10;1-12(19,13(14,15)16)9-6-5-7-8(11(9)18)3-2-4-10(7)17;1-9(21,11(13,14)15)5-3-8(20)6(4-7(5)19)10(2,22)12(16,17)18;1-8(15,9(10,11)12)5-2-6(13)4-7(14)3-5;1-8(15,9(10,11)12)6-4-5(13)2-3-7(6)14/h2-8,30H,28-29H2,1H3;4-10,24H,22-23H2,1-3H3;2-8,21H,19-20H2,1H3;2-6,19H,17-18H2,1H3;3-4,21-22H,19-20H2,1-2H3;2*2-4,15H,13-14H2,1H3. The second-order valence-corrected chi connectivity index (χ2v) is 36.1. The zero-order valence-electron chi connectivity index (χ0n) is 78.0. The van der Waals surface area contributed by atoms with Gasteiger partial charge in [0.1, 0.15) is 0 Å². The Morgan fingerprint density at radius 2 is 0.456 bits per heavy atom. The summed E-state index contributed by atoms with van der Waals surface area (Å²) in [6, 6.07) is 41.3. The number of alkyl halides is 30. The lowest BCUT2D eigenvalue weighted by molar-refractivity contribution is -0.288. The molecule has 0 saturated heterocycles. The Morgan fingerprint density at radius 1 is 0.184 bits per heavy atom. The highest BCUT2D eigenvalue weighted by Gasteiger charge is 2.73. The summed E-state index contributed by atoms with van der Waals surface area (Å²) in [4.78, 5) is 1.36. The van der Waals surface area contributed by atoms with E-state index < -0.39 is 168 Å². The van der Waals surface area contributed by atoms with Crippen LogP contribution >= 0.6 is 11.8 Å². The van der Waals surface area contributed by atoms with E-state index in [9.17, 15) is 173 Å². The number of nitrogen functional groups attached to an aromatic ring is 14. The highest BCUT2D eigenvalue weighted by Crippen LogP contribution is 2.59. The minimum Gasteiger partial charge on any atom is -0.399 e. The predicted molar refractivity (Wildman–Crippen MR) is 498 cm³/mol. The summed E-state index contributed by atoms with van der Waals surface area (Å²) in [5.41, 5.74) is 38.3. The number of hydrogen-bond donors (Lipinski definition) is 22. The van der Waals surface area contributed by atoms with Crippen molar-refractivity contribution < 1.29 is 173 Å². The number of aliphatic hydroxyl groups is 8. The normalized spacial score (nSPS) is 15.9. The summed E-state index contributed by atoms with van der Waals surface area (Å²) < 4.78 is 392. The molecule has 0 bridgehead atoms. The quantitative estimate of drug-likeness (QED) is 0.0355. The van der Waals surface area contributed by atoms with Gasteiger partial charge in [-0.25, -0.2) is 0 Å². The van der Waals surface area contributed by atoms with Crippen LogP contribution < -0.4 is 80.3 Å². The molecule has 0 aromatic heterocycles. The van der Waals surface area contributed by atoms with Gasteiger partial charge in [0.05, 0.1) is 0 Å². The lowest BCUT2D eigenvalue weighted by Gasteiger charge is -2.39. The van der Waals surface area contributed by atoms with Crippen LogP contribution in [0.3, 0.4) is 0 Å². The van der Waals surface area contributed by atoms with Gasteiger partial charge in [0.15, 0.2) is 44.8 Å². The Morgan fingerprint density at radius 3 is 0.803 bits per heavy atom. The number of rotatable bonds is 14. The monoisotopic (exact) mass is 2150 g/mol. The first kappa shape index (κ1) is 124. The van der Waals surface area contributed by atoms with E-state index in [-0.39, 0.29) is 80.7 Å². The number of hydrogen-bond acceptors (Lipinski definition) is 23. The van der Waals surface area contributed by atoms with E-state index in [0.717, 1.165) is 46.9 Å². The summed E-state index contributed by atoms with van der Waals surface area (Å²) in [6.45, 7) is 8.09. The van der Waals surface area contributed by atoms with E-state index >= 15 is 0 Å². The van der Waals surface area contributed by atoms with Crippen molar-refractivity contribution in [2.24, 2.45) is 0 Å². The molecule has 147 heavy (non-hydrogen) atoms. The Kier molecular flexibility index (Phi) is 36.3. The van der Waals surface area contributed by atoms with Crippen molar-refractivity contribution in [2.45, 2.75) is 196 Å². The molecule has 53 heteroatoms. The van der Waals surface area contributed by atoms with Gasteiger partial charge in [0.2, 0.25) is 5.41 Å². The lowest BCUT2D eigenvalue weighted by atomic mass is 9.71. The SMILES string of the molecule is CC(C)(c1ccc(N)cc1)c1ccc(N)c(C(C)(O)C(F)(F)F)c1.CC(O)(c1cc(C(c2ccc(N)cc2)(C(F)(F)F)C(F)(F)F)ccc1N)C(F)(F)F.CC(O)(c1cc(N)c(C(C)(O)C(F)(F)F)cc1N)C(F)(F)F.CC(O)(c1cc(N)cc(N)c1)C(F)(F)F.CC(O)(c1cc(N)ccc1N)C(F)(F)F.CC(O)(c1cc(Sc2ccc(N)cc2)ccc1N)C(F)(F)F.CC(O)(c1ccc2c(N)cccc2c1N)C(F)(F)F. The maximum Gasteiger partial charge on any atom is 0.421 e. The van der Waals surface area contributed by atoms with Gasteiger partial charge < -0.3 is 121 Å². The van der Waals surface area contributed by atoms with Gasteiger partial charge in [-0.05, 0) is 229 Å². The average molecular weight is 2160 g/mol. The van der Waals surface area contributed by atoms with Gasteiger partial charge in [-0.3, -0.25) is 0 Å². The van der Waals surface area contributed by atoms with Crippen LogP contribution in [0, 0.1) is 0 Å². The van der Waals surface area contributed by atoms with Crippen molar-refractivity contribution >= 4 is 102 Å². The van der Waals surface area contributed by atoms with E-state index in [1.165, 1.54) is 60.3 Å². The summed E-state index contributed by atoms with van der Waals surface area (Å²) in [6.07, 6.45) is -51.8. The van der Waals surface area contributed by atoms with Gasteiger partial charge >= 0.3 is 61.8 Å². The van der Waals surface area contributed by atoms with E-state index in [1.54, 1.807) is 66.7 Å². The second-order valence-electron chi connectivity index (χ2n) is 34.9. The van der Waals surface area contributed by atoms with Gasteiger partial charge in [0, 0.05) is 145 Å². The molecule has 22 nitrogen and oxygen atoms in total. The Labute approximate surface area is 821 Å². The summed E-state index contributed by atoms with van der Waals surface area (Å²) in [7, 11) is 0. The molecule has 810 valence electrons. The van der Waals surface area contributed by atoms with E-state index in [0.29, 0.717) is 123 Å². The summed E-state index contributed by atoms with van der Waals surface area (Å²) in [5.74, 6) is 0. The smallest absolute Gasteiger partial charge is 0.399 e. The van der Waals surface area contributed by atoms with Crippen molar-refractivity contribution in [1.82, 2.24) is 0 Å². The summed E-state index contributed by atoms with van der Waals surface area (Å²) >= 11 is 1.26. The molecule has 0 aliphatic heterocycles. The largest absolute Gasteiger partial charge is 0.421 e. The van der Waals surface area contributed by atoms with Crippen molar-refractivity contribution in [3.8, 4) is 0 Å². The Hall–Kier alpha value is -13.2. The third kappa shape index (κ3) is 27.1. The molecule has 11 rings (SSSR count). The van der Waals surface area contributed by atoms with Crippen molar-refractivity contribution in [1.29, 1.82) is 0 Å². The van der Waals surface area contributed by atoms with E-state index in [2.05, 4.69) is 0 Å². The molecule has 0 amide bonds. The molecule has 8 unspecified atom stereocenters. The molecule has 0 spiro atoms. The maximum absolute atomic E-state index is 14.0. The van der Waals surface area contributed by atoms with Crippen LogP contribution in [-0.4, -0.2) is 103 Å². The molecule has 0 fully saturated rings. The van der Waals surface area contributed by atoms with Crippen LogP contribution in [-0.2, 0) is 55.6 Å². The molecule has 0 radical (unpaired) electrons. The topological polar surface area (TPSA) is 526 Å². The zero-order valence-corrected chi connectivity index (χ0v) is 78.9. The zero-order chi connectivity index (χ0) is 114. The highest BCUT2D eigenvalue weighted by atomic mass is 32.2. The minimum atomic E-state index is -6.03. The van der Waals surface area contributed by atoms with E-state index in [4.69, 9.17) is 80.3 Å². The fourth-order valence-corrected chi connectivity index (χ4v) is 14.4. The third-order valence-corrected chi connectivity index (χ3v) is 24.3. The molecule has 0 aliphatic rings. The van der Waals surface area contributed by atoms with Gasteiger partial charge in [0.25, 0.3) is 0 Å². The lowest BCUT2D eigenvalue weighted by Crippen LogP contribution is -2.55. The molecule has 8 atom stereocenters. The number of nitrogens with two attached hydrogens (primary N) is 14. The number of halogens is 30. The Balaban J connectivity index is 0.000000305. The number of benzene rings is 11. The van der Waals surface area contributed by atoms with Gasteiger partial charge in [-0.15, -0.1) is 0 Å². The van der Waals surface area contributed by atoms with Crippen LogP contribution in [0.15, 0.2) is 216 Å². The van der Waals surface area contributed by atoms with Crippen molar-refractivity contribution in [3.63, 3.8) is 0 Å². The number of anilines is 14. The van der Waals surface area contributed by atoms with Crippen LogP contribution in [0.2, 0.25) is 0 Å². The third-order valence-electron chi connectivity index (χ3n) is 23.3. The second kappa shape index (κ2) is 42.9. The molecule has 0 saturated carbocycles. The minimum absolute atomic E-state index is 0.0276. The van der Waals surface area contributed by atoms with Gasteiger partial charge in [-0.2, -0.15) is 132 Å². The predicted octanol–water partition coefficient (Wildman–Crippen LogP) is 21.2. The van der Waals surface area contributed by atoms with Gasteiger partial charge in [-0.1, -0.05) is 86.3 Å². The van der Waals surface area contributed by atoms with Crippen LogP contribution in [0.5, 0.6) is 0 Å². The highest BCUT2D eigenvalue weighted by molar-refractivity contribution is 7.99. The first-order valence-corrected chi connectivity index (χ1v) is 42.2. The first-order chi connectivity index (χ1) is 65.8. The van der Waals surface area contributed by atoms with Crippen LogP contribution in [0.1, 0.15) is 136 Å². The molecular formula is C94H100F30N14O8S. The maximum atomic E-state index is 14.0. The van der Waals surface area contributed by atoms with Crippen LogP contribution in [0.25, 0.3) is 10.8 Å². The molecular weight excluding hydrogens is 2060 g/mol. The number of fused-ring (bicyclic) bond motifs is 1. The van der Waals surface area contributed by atoms with Crippen molar-refractivity contribution in [2.75, 3.05) is 80.3 Å². The molecule has 36 N–H and O–H groups in total. The first-order valence-electron chi connectivity index (χ1n) is 41.4. The van der Waals surface area contributed by atoms with E-state index in [1.807, 2.05) is 26.0 Å². The molecule has 0 aliphatic carbocycles. The summed E-state index contributed by atoms with van der Waals surface area (Å²) in [5, 5.41) is 78.0. The average Bonchev–Trinajstić information content (AvgIpc) is 0.706. The van der Waals surface area contributed by atoms with Crippen molar-refractivity contribution in [3.05, 3.63) is 273 Å². The molecule has 11 aromatic carbocycles. The fourth-order valence-electron chi connectivity index (χ4n) is 13.5. The Bertz CT molecular complexity index is 6310. The van der Waals surface area contributed by atoms with Crippen LogP contribution in [0.4, 0.5) is 211 Å². The molecule has 0 heterocycles.